The van der Waals surface area contributed by atoms with Crippen LogP contribution in [-0.4, -0.2) is 62.4 Å². The number of rotatable bonds is 9. The van der Waals surface area contributed by atoms with Crippen molar-refractivity contribution in [1.82, 2.24) is 14.5 Å². The van der Waals surface area contributed by atoms with Gasteiger partial charge in [-0.25, -0.2) is 0 Å². The van der Waals surface area contributed by atoms with Crippen LogP contribution in [0.3, 0.4) is 0 Å². The molecule has 164 valence electrons. The van der Waals surface area contributed by atoms with Crippen LogP contribution in [0.1, 0.15) is 25.3 Å². The molecule has 0 spiro atoms. The molecule has 1 aliphatic heterocycles. The zero-order chi connectivity index (χ0) is 21.7. The zero-order valence-corrected chi connectivity index (χ0v) is 18.3. The van der Waals surface area contributed by atoms with Gasteiger partial charge in [-0.1, -0.05) is 23.7 Å². The maximum atomic E-state index is 10.8. The molecule has 1 N–H and O–H groups in total. The minimum Gasteiger partial charge on any atom is -0.387 e. The van der Waals surface area contributed by atoms with Gasteiger partial charge in [-0.15, -0.1) is 0 Å². The van der Waals surface area contributed by atoms with Gasteiger partial charge < -0.3 is 24.9 Å². The average molecular weight is 457 g/mol. The fraction of sp³-hybridized carbons (Fsp3) is 0.550. The Hall–Kier alpha value is -1.71. The fourth-order valence-corrected chi connectivity index (χ4v) is 4.03. The summed E-state index contributed by atoms with van der Waals surface area (Å²) in [5.74, 6) is -0.327. The summed E-state index contributed by atoms with van der Waals surface area (Å²) in [6, 6.07) is 7.79. The second-order valence-corrected chi connectivity index (χ2v) is 8.75. The van der Waals surface area contributed by atoms with Crippen molar-refractivity contribution in [3.63, 3.8) is 0 Å². The van der Waals surface area contributed by atoms with Gasteiger partial charge in [-0.3, -0.25) is 4.57 Å². The van der Waals surface area contributed by atoms with E-state index in [0.29, 0.717) is 13.2 Å². The van der Waals surface area contributed by atoms with Crippen molar-refractivity contribution in [2.24, 2.45) is 0 Å². The number of nitrogens with zero attached hydrogens (tertiary/aromatic N) is 4. The van der Waals surface area contributed by atoms with Gasteiger partial charge in [-0.2, -0.15) is 0 Å². The van der Waals surface area contributed by atoms with E-state index in [1.807, 2.05) is 24.3 Å². The number of likely N-dealkylation sites (tertiary alicyclic amines) is 1. The van der Waals surface area contributed by atoms with Crippen molar-refractivity contribution in [1.29, 1.82) is 0 Å². The lowest BCUT2D eigenvalue weighted by Crippen LogP contribution is -2.47. The van der Waals surface area contributed by atoms with E-state index >= 15 is 0 Å². The number of halogens is 2. The van der Waals surface area contributed by atoms with Gasteiger partial charge in [0.1, 0.15) is 6.20 Å². The van der Waals surface area contributed by atoms with Gasteiger partial charge in [0.25, 0.3) is 0 Å². The molecule has 0 aliphatic carbocycles. The molecule has 0 bridgehead atoms. The quantitative estimate of drug-likeness (QED) is 0.457. The summed E-state index contributed by atoms with van der Waals surface area (Å²) in [7, 11) is 0. The van der Waals surface area contributed by atoms with E-state index in [4.69, 9.17) is 27.9 Å². The Morgan fingerprint density at radius 1 is 1.27 bits per heavy atom. The Morgan fingerprint density at radius 3 is 2.53 bits per heavy atom. The lowest BCUT2D eigenvalue weighted by molar-refractivity contribution is -0.389. The predicted octanol–water partition coefficient (Wildman–Crippen LogP) is 3.57. The van der Waals surface area contributed by atoms with E-state index in [0.717, 1.165) is 37.4 Å². The van der Waals surface area contributed by atoms with Crippen LogP contribution < -0.4 is 0 Å². The van der Waals surface area contributed by atoms with Crippen LogP contribution in [0, 0.1) is 10.1 Å². The second-order valence-electron chi connectivity index (χ2n) is 7.97. The first kappa shape index (κ1) is 23.0. The third kappa shape index (κ3) is 6.65. The molecular formula is C20H26Cl2N4O4. The number of nitro groups is 1. The molecule has 2 aromatic rings. The highest BCUT2D eigenvalue weighted by Crippen LogP contribution is 2.22. The smallest absolute Gasteiger partial charge is 0.383 e. The number of aliphatic hydroxyl groups is 1. The van der Waals surface area contributed by atoms with Crippen LogP contribution in [0.2, 0.25) is 10.3 Å². The minimum absolute atomic E-state index is 0.00484. The Labute approximate surface area is 185 Å². The molecule has 1 fully saturated rings. The van der Waals surface area contributed by atoms with Gasteiger partial charge >= 0.3 is 11.1 Å². The summed E-state index contributed by atoms with van der Waals surface area (Å²) in [6.45, 7) is 4.57. The van der Waals surface area contributed by atoms with E-state index in [9.17, 15) is 15.2 Å². The van der Waals surface area contributed by atoms with E-state index < -0.39 is 10.5 Å². The standard InChI is InChI=1S/C20H26Cl2N4O4/c1-20(27,14-25-12-18(26(28)29)23-19(25)22)13-24-9-6-17(7-10-24)30-11-8-15-2-4-16(21)5-3-15/h2-5,12,17,27H,6-11,13-14H2,1H3/t20-/m0/s1. The normalized spacial score (nSPS) is 17.7. The summed E-state index contributed by atoms with van der Waals surface area (Å²) in [4.78, 5) is 16.1. The van der Waals surface area contributed by atoms with Crippen molar-refractivity contribution in [3.8, 4) is 0 Å². The summed E-state index contributed by atoms with van der Waals surface area (Å²) >= 11 is 11.9. The van der Waals surface area contributed by atoms with Gasteiger partial charge in [-0.05, 0) is 65.4 Å². The predicted molar refractivity (Wildman–Crippen MR) is 115 cm³/mol. The highest BCUT2D eigenvalue weighted by atomic mass is 35.5. The minimum atomic E-state index is -1.10. The zero-order valence-electron chi connectivity index (χ0n) is 16.8. The van der Waals surface area contributed by atoms with E-state index in [2.05, 4.69) is 9.88 Å². The van der Waals surface area contributed by atoms with Crippen LogP contribution in [0.15, 0.2) is 30.5 Å². The van der Waals surface area contributed by atoms with Crippen LogP contribution in [0.25, 0.3) is 0 Å². The molecule has 30 heavy (non-hydrogen) atoms. The molecule has 10 heteroatoms. The third-order valence-electron chi connectivity index (χ3n) is 5.17. The number of benzene rings is 1. The maximum Gasteiger partial charge on any atom is 0.383 e. The fourth-order valence-electron chi connectivity index (χ4n) is 3.71. The van der Waals surface area contributed by atoms with Crippen molar-refractivity contribution >= 4 is 29.0 Å². The van der Waals surface area contributed by atoms with Crippen molar-refractivity contribution in [2.45, 2.75) is 44.4 Å². The monoisotopic (exact) mass is 456 g/mol. The number of β-amino-alcohol motifs (C(OH)–C–C–N with tert-alkyl or cyclic N) is 1. The first-order valence-electron chi connectivity index (χ1n) is 9.90. The van der Waals surface area contributed by atoms with Crippen molar-refractivity contribution in [3.05, 3.63) is 56.4 Å². The SMILES string of the molecule is C[C@](O)(CN1CCC(OCCc2ccc(Cl)cc2)CC1)Cn1cc([N+](=O)[O-])nc1Cl. The lowest BCUT2D eigenvalue weighted by Gasteiger charge is -2.36. The Balaban J connectivity index is 1.41. The third-order valence-corrected chi connectivity index (χ3v) is 5.72. The van der Waals surface area contributed by atoms with Gasteiger partial charge in [0, 0.05) is 24.7 Å². The molecule has 1 aromatic heterocycles. The number of aromatic nitrogens is 2. The molecule has 1 aromatic carbocycles. The molecule has 1 saturated heterocycles. The maximum absolute atomic E-state index is 10.8. The highest BCUT2D eigenvalue weighted by Gasteiger charge is 2.30. The Bertz CT molecular complexity index is 849. The van der Waals surface area contributed by atoms with Crippen molar-refractivity contribution in [2.75, 3.05) is 26.2 Å². The van der Waals surface area contributed by atoms with Gasteiger partial charge in [0.15, 0.2) is 0 Å². The average Bonchev–Trinajstić information content (AvgIpc) is 3.04. The molecule has 8 nitrogen and oxygen atoms in total. The topological polar surface area (TPSA) is 93.7 Å². The number of hydrogen-bond acceptors (Lipinski definition) is 6. The number of ether oxygens (including phenoxy) is 1. The highest BCUT2D eigenvalue weighted by molar-refractivity contribution is 6.30. The van der Waals surface area contributed by atoms with E-state index in [-0.39, 0.29) is 23.8 Å². The largest absolute Gasteiger partial charge is 0.387 e. The van der Waals surface area contributed by atoms with Gasteiger partial charge in [0.05, 0.1) is 24.9 Å². The number of piperidine rings is 1. The number of hydrogen-bond donors (Lipinski definition) is 1. The van der Waals surface area contributed by atoms with Crippen LogP contribution in [0.4, 0.5) is 5.82 Å². The molecule has 1 atom stereocenters. The molecule has 3 rings (SSSR count). The lowest BCUT2D eigenvalue weighted by atomic mass is 10.0. The van der Waals surface area contributed by atoms with Crippen LogP contribution >= 0.6 is 23.2 Å². The molecule has 0 saturated carbocycles. The van der Waals surface area contributed by atoms with Crippen LogP contribution in [0.5, 0.6) is 0 Å². The molecule has 0 unspecified atom stereocenters. The molecule has 2 heterocycles. The first-order valence-corrected chi connectivity index (χ1v) is 10.7. The van der Waals surface area contributed by atoms with E-state index in [1.54, 1.807) is 6.92 Å². The van der Waals surface area contributed by atoms with Crippen molar-refractivity contribution < 1.29 is 14.8 Å². The van der Waals surface area contributed by atoms with Crippen LogP contribution in [-0.2, 0) is 17.7 Å². The molecular weight excluding hydrogens is 431 g/mol. The Morgan fingerprint density at radius 2 is 1.93 bits per heavy atom. The molecule has 0 radical (unpaired) electrons. The Kier molecular flexibility index (Phi) is 7.70. The number of imidazole rings is 1. The summed E-state index contributed by atoms with van der Waals surface area (Å²) in [5.41, 5.74) is 0.104. The van der Waals surface area contributed by atoms with E-state index in [1.165, 1.54) is 16.3 Å². The summed E-state index contributed by atoms with van der Waals surface area (Å²) < 4.78 is 7.43. The van der Waals surface area contributed by atoms with Gasteiger partial charge in [0.2, 0.25) is 0 Å². The second kappa shape index (κ2) is 10.1. The first-order chi connectivity index (χ1) is 14.2. The summed E-state index contributed by atoms with van der Waals surface area (Å²) in [6.07, 6.45) is 4.10. The summed E-state index contributed by atoms with van der Waals surface area (Å²) in [5, 5.41) is 22.3. The molecule has 0 amide bonds. The molecule has 1 aliphatic rings.